The zero-order chi connectivity index (χ0) is 23.8. The summed E-state index contributed by atoms with van der Waals surface area (Å²) in [5, 5.41) is 12.1. The molecule has 0 radical (unpaired) electrons. The first-order valence-corrected chi connectivity index (χ1v) is 11.5. The number of Topliss-reactive ketones (excluding diaryl/α,β-unsaturated/α-hetero) is 1. The van der Waals surface area contributed by atoms with E-state index in [1.807, 2.05) is 6.07 Å². The van der Waals surface area contributed by atoms with Crippen molar-refractivity contribution in [3.63, 3.8) is 0 Å². The maximum Gasteiger partial charge on any atom is 0.335 e. The molecule has 0 aliphatic heterocycles. The van der Waals surface area contributed by atoms with E-state index < -0.39 is 16.0 Å². The van der Waals surface area contributed by atoms with E-state index >= 15 is 0 Å². The van der Waals surface area contributed by atoms with Crippen LogP contribution in [0.15, 0.2) is 87.8 Å². The number of allylic oxidation sites excluding steroid dienone is 2. The number of carboxylic acids is 1. The quantitative estimate of drug-likeness (QED) is 0.585. The van der Waals surface area contributed by atoms with Gasteiger partial charge >= 0.3 is 5.97 Å². The normalized spacial score (nSPS) is 14.5. The minimum absolute atomic E-state index is 0.0515. The van der Waals surface area contributed by atoms with Gasteiger partial charge in [-0.15, -0.1) is 0 Å². The van der Waals surface area contributed by atoms with Gasteiger partial charge in [0.25, 0.3) is 10.0 Å². The number of ketones is 1. The van der Waals surface area contributed by atoms with E-state index in [9.17, 15) is 23.1 Å². The number of nitrogens with zero attached hydrogens (tertiary/aromatic N) is 1. The topological polar surface area (TPSA) is 113 Å². The molecule has 4 rings (SSSR count). The summed E-state index contributed by atoms with van der Waals surface area (Å²) in [6, 6.07) is 17.7. The molecule has 0 spiro atoms. The van der Waals surface area contributed by atoms with Crippen LogP contribution < -0.4 is 5.32 Å². The predicted molar refractivity (Wildman–Crippen MR) is 126 cm³/mol. The fraction of sp³-hybridized carbons (Fsp3) is 0.0800. The number of fused-ring (bicyclic) bond motifs is 1. The molecule has 0 amide bonds. The van der Waals surface area contributed by atoms with Crippen LogP contribution in [0.5, 0.6) is 0 Å². The van der Waals surface area contributed by atoms with Crippen LogP contribution in [0.25, 0.3) is 0 Å². The molecule has 2 N–H and O–H groups in total. The average Bonchev–Trinajstić information content (AvgIpc) is 2.78. The molecule has 1 aliphatic carbocycles. The standard InChI is InChI=1S/C25H20N2O5S/c1-15-10-11-16(2)23(12-15)33(31,32)27-21-14-22(24(28)20-9-4-3-8-19(20)21)26-18-7-5-6-17(13-18)25(29)30/h3-14,26H,1-2H3,(H,29,30). The van der Waals surface area contributed by atoms with Gasteiger partial charge in [-0.25, -0.2) is 4.79 Å². The number of aryl methyl sites for hydroxylation is 2. The first-order valence-electron chi connectivity index (χ1n) is 10.0. The van der Waals surface area contributed by atoms with Crippen molar-refractivity contribution >= 4 is 33.2 Å². The van der Waals surface area contributed by atoms with Gasteiger partial charge in [0.2, 0.25) is 5.78 Å². The molecule has 7 nitrogen and oxygen atoms in total. The molecule has 33 heavy (non-hydrogen) atoms. The third-order valence-corrected chi connectivity index (χ3v) is 6.63. The van der Waals surface area contributed by atoms with E-state index in [0.29, 0.717) is 22.4 Å². The summed E-state index contributed by atoms with van der Waals surface area (Å²) in [5.74, 6) is -1.45. The van der Waals surface area contributed by atoms with Crippen molar-refractivity contribution in [3.05, 3.63) is 106 Å². The number of aromatic carboxylic acids is 1. The second-order valence-electron chi connectivity index (χ2n) is 7.66. The molecular formula is C25H20N2O5S. The van der Waals surface area contributed by atoms with Gasteiger partial charge in [0.05, 0.1) is 21.9 Å². The van der Waals surface area contributed by atoms with Crippen molar-refractivity contribution in [2.24, 2.45) is 4.40 Å². The number of nitrogens with one attached hydrogen (secondary N) is 1. The Morgan fingerprint density at radius 1 is 0.939 bits per heavy atom. The van der Waals surface area contributed by atoms with Crippen LogP contribution in [0.3, 0.4) is 0 Å². The zero-order valence-corrected chi connectivity index (χ0v) is 18.7. The fourth-order valence-electron chi connectivity index (χ4n) is 3.55. The number of carbonyl (C=O) groups is 2. The van der Waals surface area contributed by atoms with E-state index in [-0.39, 0.29) is 27.7 Å². The van der Waals surface area contributed by atoms with Gasteiger partial charge in [-0.1, -0.05) is 42.5 Å². The smallest absolute Gasteiger partial charge is 0.335 e. The molecule has 166 valence electrons. The molecule has 3 aromatic rings. The molecule has 0 saturated carbocycles. The molecule has 8 heteroatoms. The molecule has 1 aliphatic rings. The van der Waals surface area contributed by atoms with Gasteiger partial charge in [-0.2, -0.15) is 12.8 Å². The molecule has 3 aromatic carbocycles. The Labute approximate surface area is 191 Å². The number of carbonyl (C=O) groups excluding carboxylic acids is 1. The third-order valence-electron chi connectivity index (χ3n) is 5.20. The molecule has 0 fully saturated rings. The summed E-state index contributed by atoms with van der Waals surface area (Å²) in [5.41, 5.74) is 2.69. The van der Waals surface area contributed by atoms with E-state index in [1.165, 1.54) is 18.2 Å². The number of benzene rings is 3. The number of rotatable bonds is 5. The number of hydrogen-bond acceptors (Lipinski definition) is 5. The number of anilines is 1. The summed E-state index contributed by atoms with van der Waals surface area (Å²) in [4.78, 5) is 24.4. The van der Waals surface area contributed by atoms with Crippen molar-refractivity contribution in [1.82, 2.24) is 0 Å². The molecule has 0 heterocycles. The summed E-state index contributed by atoms with van der Waals surface area (Å²) in [6.07, 6.45) is 1.38. The van der Waals surface area contributed by atoms with Crippen LogP contribution in [0, 0.1) is 13.8 Å². The van der Waals surface area contributed by atoms with Crippen molar-refractivity contribution in [2.75, 3.05) is 5.32 Å². The summed E-state index contributed by atoms with van der Waals surface area (Å²) in [7, 11) is -4.06. The average molecular weight is 461 g/mol. The van der Waals surface area contributed by atoms with Gasteiger partial charge in [0, 0.05) is 16.8 Å². The predicted octanol–water partition coefficient (Wildman–Crippen LogP) is 4.37. The Kier molecular flexibility index (Phi) is 5.69. The lowest BCUT2D eigenvalue weighted by molar-refractivity contribution is 0.0696. The highest BCUT2D eigenvalue weighted by atomic mass is 32.2. The monoisotopic (exact) mass is 460 g/mol. The lowest BCUT2D eigenvalue weighted by atomic mass is 9.92. The highest BCUT2D eigenvalue weighted by Gasteiger charge is 2.27. The zero-order valence-electron chi connectivity index (χ0n) is 17.9. The summed E-state index contributed by atoms with van der Waals surface area (Å²) in [6.45, 7) is 3.50. The van der Waals surface area contributed by atoms with Gasteiger partial charge in [0.15, 0.2) is 0 Å². The molecule has 0 aromatic heterocycles. The Balaban J connectivity index is 1.83. The summed E-state index contributed by atoms with van der Waals surface area (Å²) >= 11 is 0. The second kappa shape index (κ2) is 8.48. The van der Waals surface area contributed by atoms with Crippen LogP contribution >= 0.6 is 0 Å². The first-order chi connectivity index (χ1) is 15.7. The van der Waals surface area contributed by atoms with Crippen LogP contribution in [0.1, 0.15) is 37.4 Å². The number of carboxylic acid groups (broad SMARTS) is 1. The molecular weight excluding hydrogens is 440 g/mol. The molecule has 0 saturated heterocycles. The van der Waals surface area contributed by atoms with Crippen LogP contribution in [0.4, 0.5) is 5.69 Å². The Morgan fingerprint density at radius 3 is 2.39 bits per heavy atom. The third kappa shape index (κ3) is 4.47. The summed E-state index contributed by atoms with van der Waals surface area (Å²) < 4.78 is 30.4. The van der Waals surface area contributed by atoms with E-state index in [2.05, 4.69) is 9.71 Å². The van der Waals surface area contributed by atoms with Gasteiger partial charge in [0.1, 0.15) is 0 Å². The Bertz CT molecular complexity index is 1470. The van der Waals surface area contributed by atoms with Crippen LogP contribution in [-0.4, -0.2) is 31.0 Å². The lowest BCUT2D eigenvalue weighted by Crippen LogP contribution is -2.22. The second-order valence-corrected chi connectivity index (χ2v) is 9.24. The van der Waals surface area contributed by atoms with Crippen LogP contribution in [-0.2, 0) is 10.0 Å². The number of sulfonamides is 1. The molecule has 0 atom stereocenters. The van der Waals surface area contributed by atoms with Crippen LogP contribution in [0.2, 0.25) is 0 Å². The highest BCUT2D eigenvalue weighted by molar-refractivity contribution is 7.90. The largest absolute Gasteiger partial charge is 0.478 e. The first kappa shape index (κ1) is 22.2. The Morgan fingerprint density at radius 2 is 1.67 bits per heavy atom. The number of hydrogen-bond donors (Lipinski definition) is 2. The van der Waals surface area contributed by atoms with Gasteiger partial charge in [-0.05, 0) is 55.3 Å². The van der Waals surface area contributed by atoms with Crippen molar-refractivity contribution in [3.8, 4) is 0 Å². The lowest BCUT2D eigenvalue weighted by Gasteiger charge is -2.19. The highest BCUT2D eigenvalue weighted by Crippen LogP contribution is 2.26. The fourth-order valence-corrected chi connectivity index (χ4v) is 4.87. The van der Waals surface area contributed by atoms with E-state index in [0.717, 1.165) is 5.56 Å². The minimum Gasteiger partial charge on any atom is -0.478 e. The SMILES string of the molecule is Cc1ccc(C)c(S(=O)(=O)N=C2C=C(Nc3cccc(C(=O)O)c3)C(=O)c3ccccc32)c1. The van der Waals surface area contributed by atoms with Gasteiger partial charge in [-0.3, -0.25) is 4.79 Å². The maximum atomic E-state index is 13.2. The van der Waals surface area contributed by atoms with Crippen molar-refractivity contribution in [2.45, 2.75) is 18.7 Å². The molecule has 0 unspecified atom stereocenters. The van der Waals surface area contributed by atoms with Gasteiger partial charge < -0.3 is 10.4 Å². The van der Waals surface area contributed by atoms with Crippen molar-refractivity contribution < 1.29 is 23.1 Å². The minimum atomic E-state index is -4.06. The maximum absolute atomic E-state index is 13.2. The Hall–Kier alpha value is -4.04. The van der Waals surface area contributed by atoms with E-state index in [4.69, 9.17) is 0 Å². The van der Waals surface area contributed by atoms with E-state index in [1.54, 1.807) is 62.4 Å². The molecule has 0 bridgehead atoms. The van der Waals surface area contributed by atoms with Crippen molar-refractivity contribution in [1.29, 1.82) is 0 Å².